The SMILES string of the molecule is CCCC1=NN(C(=O)c2ccncc2)[C@@](O)(C(F)(F)F)C1. The standard InChI is InChI=1S/C13H14F3N3O2/c1-2-3-10-8-12(21,13(14,15)16)19(18-10)11(20)9-4-6-17-7-5-9/h4-7,21H,2-3,8H2,1H3/t12-/m0/s1. The average molecular weight is 301 g/mol. The average Bonchev–Trinajstić information content (AvgIpc) is 2.77. The quantitative estimate of drug-likeness (QED) is 0.932. The topological polar surface area (TPSA) is 65.8 Å². The van der Waals surface area contributed by atoms with Crippen LogP contribution in [0.25, 0.3) is 0 Å². The molecule has 0 saturated carbocycles. The van der Waals surface area contributed by atoms with Gasteiger partial charge in [0.15, 0.2) is 0 Å². The summed E-state index contributed by atoms with van der Waals surface area (Å²) in [6, 6.07) is 2.54. The molecule has 1 amide bonds. The van der Waals surface area contributed by atoms with Gasteiger partial charge in [0.1, 0.15) is 0 Å². The number of hydrazone groups is 1. The van der Waals surface area contributed by atoms with Crippen LogP contribution < -0.4 is 0 Å². The molecule has 0 unspecified atom stereocenters. The Morgan fingerprint density at radius 1 is 1.43 bits per heavy atom. The molecule has 1 N–H and O–H groups in total. The van der Waals surface area contributed by atoms with E-state index in [0.29, 0.717) is 12.8 Å². The van der Waals surface area contributed by atoms with Gasteiger partial charge >= 0.3 is 6.18 Å². The number of carbonyl (C=O) groups is 1. The number of pyridine rings is 1. The van der Waals surface area contributed by atoms with Crippen LogP contribution in [0.15, 0.2) is 29.6 Å². The number of alkyl halides is 3. The minimum absolute atomic E-state index is 0.0193. The van der Waals surface area contributed by atoms with E-state index in [0.717, 1.165) is 0 Å². The zero-order chi connectivity index (χ0) is 15.7. The van der Waals surface area contributed by atoms with Crippen molar-refractivity contribution in [3.63, 3.8) is 0 Å². The lowest BCUT2D eigenvalue weighted by Crippen LogP contribution is -2.56. The highest BCUT2D eigenvalue weighted by Crippen LogP contribution is 2.41. The predicted molar refractivity (Wildman–Crippen MR) is 68.4 cm³/mol. The van der Waals surface area contributed by atoms with Gasteiger partial charge in [-0.3, -0.25) is 9.78 Å². The normalized spacial score (nSPS) is 22.3. The van der Waals surface area contributed by atoms with Gasteiger partial charge in [0.2, 0.25) is 0 Å². The van der Waals surface area contributed by atoms with E-state index in [1.165, 1.54) is 24.5 Å². The van der Waals surface area contributed by atoms with Crippen molar-refractivity contribution in [2.75, 3.05) is 0 Å². The summed E-state index contributed by atoms with van der Waals surface area (Å²) in [5.41, 5.74) is -3.16. The Hall–Kier alpha value is -1.96. The van der Waals surface area contributed by atoms with E-state index in [4.69, 9.17) is 0 Å². The van der Waals surface area contributed by atoms with Crippen LogP contribution in [0.4, 0.5) is 13.2 Å². The van der Waals surface area contributed by atoms with E-state index in [-0.39, 0.29) is 16.3 Å². The predicted octanol–water partition coefficient (Wildman–Crippen LogP) is 2.33. The lowest BCUT2D eigenvalue weighted by molar-refractivity contribution is -0.297. The second-order valence-electron chi connectivity index (χ2n) is 4.76. The number of amides is 1. The molecule has 1 aromatic heterocycles. The van der Waals surface area contributed by atoms with Crippen molar-refractivity contribution in [3.05, 3.63) is 30.1 Å². The summed E-state index contributed by atoms with van der Waals surface area (Å²) in [6.45, 7) is 1.78. The molecule has 114 valence electrons. The fourth-order valence-electron chi connectivity index (χ4n) is 2.10. The number of aliphatic hydroxyl groups is 1. The number of halogens is 3. The molecular formula is C13H14F3N3O2. The summed E-state index contributed by atoms with van der Waals surface area (Å²) in [4.78, 5) is 15.9. The first-order valence-electron chi connectivity index (χ1n) is 6.39. The van der Waals surface area contributed by atoms with Crippen molar-refractivity contribution in [1.82, 2.24) is 9.99 Å². The highest BCUT2D eigenvalue weighted by Gasteiger charge is 2.63. The Labute approximate surface area is 119 Å². The maximum atomic E-state index is 13.2. The maximum absolute atomic E-state index is 13.2. The van der Waals surface area contributed by atoms with Crippen LogP contribution in [0.1, 0.15) is 36.5 Å². The van der Waals surface area contributed by atoms with Gasteiger partial charge in [0, 0.05) is 30.1 Å². The molecule has 8 heteroatoms. The Morgan fingerprint density at radius 2 is 2.05 bits per heavy atom. The van der Waals surface area contributed by atoms with Gasteiger partial charge in [-0.25, -0.2) is 0 Å². The zero-order valence-corrected chi connectivity index (χ0v) is 11.3. The van der Waals surface area contributed by atoms with Gasteiger partial charge in [-0.05, 0) is 18.6 Å². The highest BCUT2D eigenvalue weighted by atomic mass is 19.4. The van der Waals surface area contributed by atoms with Gasteiger partial charge in [0.25, 0.3) is 11.6 Å². The molecule has 2 heterocycles. The summed E-state index contributed by atoms with van der Waals surface area (Å²) >= 11 is 0. The van der Waals surface area contributed by atoms with Crippen LogP contribution >= 0.6 is 0 Å². The molecular weight excluding hydrogens is 287 g/mol. The van der Waals surface area contributed by atoms with E-state index in [1.807, 2.05) is 0 Å². The third-order valence-corrected chi connectivity index (χ3v) is 3.15. The molecule has 0 aromatic carbocycles. The molecule has 0 radical (unpaired) electrons. The molecule has 21 heavy (non-hydrogen) atoms. The van der Waals surface area contributed by atoms with Gasteiger partial charge in [-0.1, -0.05) is 13.3 Å². The van der Waals surface area contributed by atoms with Crippen molar-refractivity contribution in [2.45, 2.75) is 38.1 Å². The monoisotopic (exact) mass is 301 g/mol. The van der Waals surface area contributed by atoms with Crippen molar-refractivity contribution >= 4 is 11.6 Å². The van der Waals surface area contributed by atoms with Crippen LogP contribution in [0.5, 0.6) is 0 Å². The minimum atomic E-state index is -4.99. The van der Waals surface area contributed by atoms with Crippen LogP contribution in [-0.2, 0) is 0 Å². The summed E-state index contributed by atoms with van der Waals surface area (Å²) < 4.78 is 39.5. The van der Waals surface area contributed by atoms with Crippen LogP contribution in [0, 0.1) is 0 Å². The van der Waals surface area contributed by atoms with Crippen molar-refractivity contribution in [2.24, 2.45) is 5.10 Å². The maximum Gasteiger partial charge on any atom is 0.438 e. The van der Waals surface area contributed by atoms with E-state index >= 15 is 0 Å². The Kier molecular flexibility index (Phi) is 3.99. The fourth-order valence-corrected chi connectivity index (χ4v) is 2.10. The Bertz CT molecular complexity index is 560. The Balaban J connectivity index is 2.39. The third kappa shape index (κ3) is 2.76. The van der Waals surface area contributed by atoms with Crippen molar-refractivity contribution in [3.8, 4) is 0 Å². The lowest BCUT2D eigenvalue weighted by Gasteiger charge is -2.32. The third-order valence-electron chi connectivity index (χ3n) is 3.15. The minimum Gasteiger partial charge on any atom is -0.362 e. The first-order valence-corrected chi connectivity index (χ1v) is 6.39. The Morgan fingerprint density at radius 3 is 2.57 bits per heavy atom. The molecule has 0 saturated heterocycles. The van der Waals surface area contributed by atoms with Gasteiger partial charge < -0.3 is 5.11 Å². The molecule has 1 aliphatic rings. The fraction of sp³-hybridized carbons (Fsp3) is 0.462. The van der Waals surface area contributed by atoms with E-state index in [1.54, 1.807) is 6.92 Å². The first-order chi connectivity index (χ1) is 9.79. The van der Waals surface area contributed by atoms with Gasteiger partial charge in [-0.15, -0.1) is 0 Å². The largest absolute Gasteiger partial charge is 0.438 e. The van der Waals surface area contributed by atoms with Crippen molar-refractivity contribution < 1.29 is 23.1 Å². The zero-order valence-electron chi connectivity index (χ0n) is 11.3. The van der Waals surface area contributed by atoms with E-state index < -0.39 is 24.2 Å². The molecule has 0 spiro atoms. The second-order valence-corrected chi connectivity index (χ2v) is 4.76. The molecule has 0 aliphatic carbocycles. The number of nitrogens with zero attached hydrogens (tertiary/aromatic N) is 3. The van der Waals surface area contributed by atoms with Crippen LogP contribution in [0.2, 0.25) is 0 Å². The van der Waals surface area contributed by atoms with Crippen LogP contribution in [-0.4, -0.2) is 38.6 Å². The number of aromatic nitrogens is 1. The van der Waals surface area contributed by atoms with Crippen molar-refractivity contribution in [1.29, 1.82) is 0 Å². The second kappa shape index (κ2) is 5.44. The molecule has 1 aromatic rings. The van der Waals surface area contributed by atoms with Crippen LogP contribution in [0.3, 0.4) is 0 Å². The summed E-state index contributed by atoms with van der Waals surface area (Å²) in [5, 5.41) is 13.8. The summed E-state index contributed by atoms with van der Waals surface area (Å²) in [6.07, 6.45) is -2.28. The van der Waals surface area contributed by atoms with Gasteiger partial charge in [0.05, 0.1) is 0 Å². The van der Waals surface area contributed by atoms with E-state index in [9.17, 15) is 23.1 Å². The first kappa shape index (κ1) is 15.4. The molecule has 0 fully saturated rings. The van der Waals surface area contributed by atoms with E-state index in [2.05, 4.69) is 10.1 Å². The summed E-state index contributed by atoms with van der Waals surface area (Å²) in [5.74, 6) is -1.01. The smallest absolute Gasteiger partial charge is 0.362 e. The lowest BCUT2D eigenvalue weighted by atomic mass is 10.0. The molecule has 1 aliphatic heterocycles. The number of rotatable bonds is 3. The number of hydrogen-bond donors (Lipinski definition) is 1. The molecule has 1 atom stereocenters. The summed E-state index contributed by atoms with van der Waals surface area (Å²) in [7, 11) is 0. The molecule has 5 nitrogen and oxygen atoms in total. The molecule has 0 bridgehead atoms. The van der Waals surface area contributed by atoms with Gasteiger partial charge in [-0.2, -0.15) is 23.3 Å². The number of carbonyl (C=O) groups excluding carboxylic acids is 1. The molecule has 2 rings (SSSR count). The number of hydrogen-bond acceptors (Lipinski definition) is 4. The highest BCUT2D eigenvalue weighted by molar-refractivity contribution is 5.98.